The third kappa shape index (κ3) is 1.68. The average molecular weight is 127 g/mol. The highest BCUT2D eigenvalue weighted by Gasteiger charge is 2.26. The molecule has 0 amide bonds. The number of nitrogens with one attached hydrogen (secondary N) is 1. The molecule has 0 aliphatic carbocycles. The summed E-state index contributed by atoms with van der Waals surface area (Å²) in [6, 6.07) is 0.762. The van der Waals surface area contributed by atoms with E-state index in [-0.39, 0.29) is 0 Å². The molecule has 0 aromatic carbocycles. The molecule has 1 aliphatic heterocycles. The first-order valence-electron chi connectivity index (χ1n) is 3.84. The number of hydrogen-bond donors (Lipinski definition) is 1. The van der Waals surface area contributed by atoms with E-state index in [0.717, 1.165) is 6.04 Å². The van der Waals surface area contributed by atoms with Gasteiger partial charge >= 0.3 is 0 Å². The molecule has 1 heteroatoms. The van der Waals surface area contributed by atoms with Crippen LogP contribution in [-0.2, 0) is 0 Å². The quantitative estimate of drug-likeness (QED) is 0.523. The highest BCUT2D eigenvalue weighted by molar-refractivity contribution is 4.84. The van der Waals surface area contributed by atoms with Crippen molar-refractivity contribution in [2.24, 2.45) is 5.41 Å². The van der Waals surface area contributed by atoms with Crippen molar-refractivity contribution >= 4 is 0 Å². The van der Waals surface area contributed by atoms with Crippen LogP contribution in [0.4, 0.5) is 0 Å². The molecule has 0 unspecified atom stereocenters. The predicted molar refractivity (Wildman–Crippen MR) is 40.5 cm³/mol. The Morgan fingerprint density at radius 3 is 2.22 bits per heavy atom. The Morgan fingerprint density at radius 1 is 1.33 bits per heavy atom. The monoisotopic (exact) mass is 127 g/mol. The fourth-order valence-electron chi connectivity index (χ4n) is 1.42. The molecule has 1 fully saturated rings. The van der Waals surface area contributed by atoms with Crippen molar-refractivity contribution in [1.82, 2.24) is 5.32 Å². The lowest BCUT2D eigenvalue weighted by Crippen LogP contribution is -2.34. The van der Waals surface area contributed by atoms with Gasteiger partial charge in [0.05, 0.1) is 0 Å². The minimum Gasteiger partial charge on any atom is -0.313 e. The first-order chi connectivity index (χ1) is 4.11. The van der Waals surface area contributed by atoms with Crippen LogP contribution in [0.15, 0.2) is 0 Å². The molecule has 54 valence electrons. The average Bonchev–Trinajstić information content (AvgIpc) is 2.08. The third-order valence-electron chi connectivity index (χ3n) is 2.11. The second-order valence-corrected chi connectivity index (χ2v) is 4.01. The molecular weight excluding hydrogens is 110 g/mol. The van der Waals surface area contributed by atoms with E-state index in [4.69, 9.17) is 0 Å². The van der Waals surface area contributed by atoms with Crippen LogP contribution in [0.1, 0.15) is 33.6 Å². The Labute approximate surface area is 57.8 Å². The van der Waals surface area contributed by atoms with Gasteiger partial charge in [-0.25, -0.2) is 0 Å². The van der Waals surface area contributed by atoms with Gasteiger partial charge in [0.1, 0.15) is 0 Å². The summed E-state index contributed by atoms with van der Waals surface area (Å²) in [4.78, 5) is 0. The Morgan fingerprint density at radius 2 is 2.00 bits per heavy atom. The molecular formula is C8H17N. The van der Waals surface area contributed by atoms with Gasteiger partial charge in [-0.3, -0.25) is 0 Å². The zero-order valence-corrected chi connectivity index (χ0v) is 6.70. The fraction of sp³-hybridized carbons (Fsp3) is 1.00. The van der Waals surface area contributed by atoms with Crippen LogP contribution >= 0.6 is 0 Å². The van der Waals surface area contributed by atoms with Gasteiger partial charge in [-0.05, 0) is 24.8 Å². The highest BCUT2D eigenvalue weighted by Crippen LogP contribution is 2.25. The smallest absolute Gasteiger partial charge is 0.0116 e. The molecule has 0 aromatic heterocycles. The molecule has 1 atom stereocenters. The maximum atomic E-state index is 3.50. The van der Waals surface area contributed by atoms with Crippen LogP contribution < -0.4 is 5.32 Å². The first-order valence-corrected chi connectivity index (χ1v) is 3.84. The van der Waals surface area contributed by atoms with Gasteiger partial charge in [0.15, 0.2) is 0 Å². The molecule has 0 radical (unpaired) electrons. The van der Waals surface area contributed by atoms with Crippen LogP contribution in [0.25, 0.3) is 0 Å². The third-order valence-corrected chi connectivity index (χ3v) is 2.11. The second-order valence-electron chi connectivity index (χ2n) is 4.01. The summed E-state index contributed by atoms with van der Waals surface area (Å²) in [7, 11) is 0. The summed E-state index contributed by atoms with van der Waals surface area (Å²) in [6.07, 6.45) is 2.73. The van der Waals surface area contributed by atoms with Crippen LogP contribution in [0, 0.1) is 5.41 Å². The van der Waals surface area contributed by atoms with E-state index in [9.17, 15) is 0 Å². The Kier molecular flexibility index (Phi) is 1.80. The topological polar surface area (TPSA) is 12.0 Å². The fourth-order valence-corrected chi connectivity index (χ4v) is 1.42. The van der Waals surface area contributed by atoms with E-state index in [1.807, 2.05) is 0 Å². The van der Waals surface area contributed by atoms with Gasteiger partial charge in [-0.15, -0.1) is 0 Å². The molecule has 1 heterocycles. The van der Waals surface area contributed by atoms with E-state index in [1.54, 1.807) is 0 Å². The molecule has 0 spiro atoms. The van der Waals surface area contributed by atoms with E-state index in [0.29, 0.717) is 5.41 Å². The SMILES string of the molecule is CC(C)(C)[C@H]1CCCN1. The Balaban J connectivity index is 2.42. The molecule has 1 saturated heterocycles. The van der Waals surface area contributed by atoms with Gasteiger partial charge in [0, 0.05) is 6.04 Å². The van der Waals surface area contributed by atoms with Crippen molar-refractivity contribution in [1.29, 1.82) is 0 Å². The Bertz CT molecular complexity index is 85.2. The summed E-state index contributed by atoms with van der Waals surface area (Å²) < 4.78 is 0. The van der Waals surface area contributed by atoms with E-state index >= 15 is 0 Å². The molecule has 0 saturated carbocycles. The van der Waals surface area contributed by atoms with Crippen LogP contribution in [-0.4, -0.2) is 12.6 Å². The van der Waals surface area contributed by atoms with E-state index in [1.165, 1.54) is 19.4 Å². The van der Waals surface area contributed by atoms with Crippen molar-refractivity contribution in [2.45, 2.75) is 39.7 Å². The second kappa shape index (κ2) is 2.30. The first kappa shape index (κ1) is 7.07. The van der Waals surface area contributed by atoms with Crippen LogP contribution in [0.3, 0.4) is 0 Å². The lowest BCUT2D eigenvalue weighted by atomic mass is 9.86. The van der Waals surface area contributed by atoms with Gasteiger partial charge in [0.25, 0.3) is 0 Å². The van der Waals surface area contributed by atoms with Gasteiger partial charge < -0.3 is 5.32 Å². The van der Waals surface area contributed by atoms with Crippen molar-refractivity contribution in [3.8, 4) is 0 Å². The summed E-state index contributed by atoms with van der Waals surface area (Å²) in [5, 5.41) is 3.50. The maximum Gasteiger partial charge on any atom is 0.0116 e. The minimum atomic E-state index is 0.469. The molecule has 1 nitrogen and oxygen atoms in total. The van der Waals surface area contributed by atoms with Crippen molar-refractivity contribution in [3.05, 3.63) is 0 Å². The van der Waals surface area contributed by atoms with E-state index in [2.05, 4.69) is 26.1 Å². The van der Waals surface area contributed by atoms with Gasteiger partial charge in [0.2, 0.25) is 0 Å². The maximum absolute atomic E-state index is 3.50. The summed E-state index contributed by atoms with van der Waals surface area (Å²) in [6.45, 7) is 8.13. The standard InChI is InChI=1S/C8H17N/c1-8(2,3)7-5-4-6-9-7/h7,9H,4-6H2,1-3H3/t7-/m1/s1. The molecule has 0 aromatic rings. The number of rotatable bonds is 0. The zero-order chi connectivity index (χ0) is 6.91. The molecule has 1 aliphatic rings. The predicted octanol–water partition coefficient (Wildman–Crippen LogP) is 1.78. The van der Waals surface area contributed by atoms with Crippen LogP contribution in [0.2, 0.25) is 0 Å². The molecule has 1 rings (SSSR count). The molecule has 0 bridgehead atoms. The van der Waals surface area contributed by atoms with Gasteiger partial charge in [-0.2, -0.15) is 0 Å². The normalized spacial score (nSPS) is 29.0. The lowest BCUT2D eigenvalue weighted by Gasteiger charge is -2.26. The van der Waals surface area contributed by atoms with Crippen LogP contribution in [0.5, 0.6) is 0 Å². The minimum absolute atomic E-state index is 0.469. The van der Waals surface area contributed by atoms with Crippen molar-refractivity contribution < 1.29 is 0 Å². The summed E-state index contributed by atoms with van der Waals surface area (Å²) >= 11 is 0. The van der Waals surface area contributed by atoms with Crippen molar-refractivity contribution in [2.75, 3.05) is 6.54 Å². The lowest BCUT2D eigenvalue weighted by molar-refractivity contribution is 0.295. The highest BCUT2D eigenvalue weighted by atomic mass is 14.9. The number of hydrogen-bond acceptors (Lipinski definition) is 1. The largest absolute Gasteiger partial charge is 0.313 e. The summed E-state index contributed by atoms with van der Waals surface area (Å²) in [5.74, 6) is 0. The molecule has 9 heavy (non-hydrogen) atoms. The van der Waals surface area contributed by atoms with Crippen molar-refractivity contribution in [3.63, 3.8) is 0 Å². The molecule has 1 N–H and O–H groups in total. The van der Waals surface area contributed by atoms with E-state index < -0.39 is 0 Å². The Hall–Kier alpha value is -0.0400. The van der Waals surface area contributed by atoms with Gasteiger partial charge in [-0.1, -0.05) is 20.8 Å². The zero-order valence-electron chi connectivity index (χ0n) is 6.70. The summed E-state index contributed by atoms with van der Waals surface area (Å²) in [5.41, 5.74) is 0.469.